The lowest BCUT2D eigenvalue weighted by atomic mass is 9.85. The standard InChI is InChI=1S/C21H29N3O3/c1-3-23-20(27)24(18-12-16-6-4-5-7-17(16)13-18)19(26)21(23)8-10-22(11-9-21)15(2)14-25/h4-7,15,18,25H,3,8-14H2,1-2H3. The van der Waals surface area contributed by atoms with E-state index >= 15 is 0 Å². The highest BCUT2D eigenvalue weighted by molar-refractivity contribution is 6.07. The summed E-state index contributed by atoms with van der Waals surface area (Å²) in [5, 5.41) is 9.43. The van der Waals surface area contributed by atoms with E-state index in [1.165, 1.54) is 11.1 Å². The fraction of sp³-hybridized carbons (Fsp3) is 0.619. The zero-order chi connectivity index (χ0) is 19.2. The molecule has 1 unspecified atom stereocenters. The van der Waals surface area contributed by atoms with Gasteiger partial charge in [0.1, 0.15) is 5.54 Å². The van der Waals surface area contributed by atoms with Crippen LogP contribution in [0.5, 0.6) is 0 Å². The maximum absolute atomic E-state index is 13.5. The van der Waals surface area contributed by atoms with Gasteiger partial charge in [-0.2, -0.15) is 0 Å². The first-order valence-corrected chi connectivity index (χ1v) is 10.1. The first kappa shape index (κ1) is 18.4. The minimum atomic E-state index is -0.702. The number of nitrogens with zero attached hydrogens (tertiary/aromatic N) is 3. The summed E-state index contributed by atoms with van der Waals surface area (Å²) in [5.41, 5.74) is 1.80. The lowest BCUT2D eigenvalue weighted by molar-refractivity contribution is -0.137. The van der Waals surface area contributed by atoms with Gasteiger partial charge in [-0.25, -0.2) is 4.79 Å². The van der Waals surface area contributed by atoms with Crippen molar-refractivity contribution in [2.45, 2.75) is 57.2 Å². The lowest BCUT2D eigenvalue weighted by Crippen LogP contribution is -2.58. The van der Waals surface area contributed by atoms with Crippen molar-refractivity contribution in [1.82, 2.24) is 14.7 Å². The third-order valence-corrected chi connectivity index (χ3v) is 6.79. The Kier molecular flexibility index (Phi) is 4.72. The first-order chi connectivity index (χ1) is 13.0. The molecule has 0 radical (unpaired) electrons. The number of urea groups is 1. The summed E-state index contributed by atoms with van der Waals surface area (Å²) in [6, 6.07) is 8.14. The van der Waals surface area contributed by atoms with Crippen molar-refractivity contribution in [3.05, 3.63) is 35.4 Å². The van der Waals surface area contributed by atoms with Crippen molar-refractivity contribution in [2.24, 2.45) is 0 Å². The molecule has 1 aliphatic carbocycles. The van der Waals surface area contributed by atoms with Gasteiger partial charge in [-0.15, -0.1) is 0 Å². The Morgan fingerprint density at radius 2 is 1.74 bits per heavy atom. The van der Waals surface area contributed by atoms with E-state index in [9.17, 15) is 14.7 Å². The average molecular weight is 371 g/mol. The topological polar surface area (TPSA) is 64.1 Å². The largest absolute Gasteiger partial charge is 0.395 e. The van der Waals surface area contributed by atoms with Crippen molar-refractivity contribution in [3.63, 3.8) is 0 Å². The van der Waals surface area contributed by atoms with Crippen LogP contribution in [0.15, 0.2) is 24.3 Å². The van der Waals surface area contributed by atoms with Gasteiger partial charge in [0, 0.05) is 31.7 Å². The van der Waals surface area contributed by atoms with E-state index < -0.39 is 5.54 Å². The number of piperidine rings is 1. The molecular formula is C21H29N3O3. The van der Waals surface area contributed by atoms with Gasteiger partial charge in [-0.05, 0) is 50.7 Å². The van der Waals surface area contributed by atoms with Gasteiger partial charge >= 0.3 is 6.03 Å². The molecule has 3 amide bonds. The number of hydrogen-bond donors (Lipinski definition) is 1. The quantitative estimate of drug-likeness (QED) is 0.818. The molecule has 1 aromatic carbocycles. The summed E-state index contributed by atoms with van der Waals surface area (Å²) in [7, 11) is 0. The molecule has 6 nitrogen and oxygen atoms in total. The number of rotatable bonds is 4. The van der Waals surface area contributed by atoms with E-state index in [0.29, 0.717) is 19.4 Å². The Morgan fingerprint density at radius 3 is 2.26 bits per heavy atom. The third-order valence-electron chi connectivity index (χ3n) is 6.79. The molecule has 2 saturated heterocycles. The normalized spacial score (nSPS) is 24.1. The number of aliphatic hydroxyl groups excluding tert-OH is 1. The van der Waals surface area contributed by atoms with Gasteiger partial charge in [-0.1, -0.05) is 24.3 Å². The summed E-state index contributed by atoms with van der Waals surface area (Å²) in [6.07, 6.45) is 2.81. The van der Waals surface area contributed by atoms with E-state index in [4.69, 9.17) is 0 Å². The van der Waals surface area contributed by atoms with Crippen LogP contribution in [0.2, 0.25) is 0 Å². The summed E-state index contributed by atoms with van der Waals surface area (Å²) in [4.78, 5) is 32.3. The number of carbonyl (C=O) groups excluding carboxylic acids is 2. The smallest absolute Gasteiger partial charge is 0.327 e. The fourth-order valence-electron chi connectivity index (χ4n) is 5.15. The molecule has 4 rings (SSSR count). The minimum absolute atomic E-state index is 0.0107. The highest BCUT2D eigenvalue weighted by Gasteiger charge is 2.59. The van der Waals surface area contributed by atoms with Crippen molar-refractivity contribution in [2.75, 3.05) is 26.2 Å². The number of carbonyl (C=O) groups is 2. The number of imide groups is 1. The third kappa shape index (κ3) is 2.77. The molecule has 1 aromatic rings. The van der Waals surface area contributed by atoms with Gasteiger partial charge in [-0.3, -0.25) is 14.6 Å². The minimum Gasteiger partial charge on any atom is -0.395 e. The maximum atomic E-state index is 13.5. The van der Waals surface area contributed by atoms with Gasteiger partial charge in [0.15, 0.2) is 0 Å². The van der Waals surface area contributed by atoms with Crippen molar-refractivity contribution in [1.29, 1.82) is 0 Å². The lowest BCUT2D eigenvalue weighted by Gasteiger charge is -2.43. The number of benzene rings is 1. The van der Waals surface area contributed by atoms with Crippen LogP contribution < -0.4 is 0 Å². The Morgan fingerprint density at radius 1 is 1.15 bits per heavy atom. The molecule has 1 spiro atoms. The SMILES string of the molecule is CCN1C(=O)N(C2Cc3ccccc3C2)C(=O)C12CCN(C(C)CO)CC2. The molecule has 2 aliphatic heterocycles. The van der Waals surface area contributed by atoms with Crippen LogP contribution >= 0.6 is 0 Å². The van der Waals surface area contributed by atoms with Crippen LogP contribution in [0.4, 0.5) is 4.79 Å². The van der Waals surface area contributed by atoms with Crippen LogP contribution in [0.25, 0.3) is 0 Å². The Bertz CT molecular complexity index is 717. The number of hydrogen-bond acceptors (Lipinski definition) is 4. The molecule has 2 heterocycles. The van der Waals surface area contributed by atoms with Crippen molar-refractivity contribution < 1.29 is 14.7 Å². The zero-order valence-corrected chi connectivity index (χ0v) is 16.2. The van der Waals surface area contributed by atoms with Gasteiger partial charge in [0.2, 0.25) is 0 Å². The Hall–Kier alpha value is -1.92. The number of aliphatic hydroxyl groups is 1. The predicted molar refractivity (Wildman–Crippen MR) is 102 cm³/mol. The molecule has 0 saturated carbocycles. The number of likely N-dealkylation sites (tertiary alicyclic amines) is 1. The molecule has 1 N–H and O–H groups in total. The molecular weight excluding hydrogens is 342 g/mol. The van der Waals surface area contributed by atoms with Gasteiger partial charge < -0.3 is 10.0 Å². The maximum Gasteiger partial charge on any atom is 0.327 e. The van der Waals surface area contributed by atoms with E-state index in [0.717, 1.165) is 25.9 Å². The second-order valence-corrected chi connectivity index (χ2v) is 8.13. The summed E-state index contributed by atoms with van der Waals surface area (Å²) in [5.74, 6) is -0.0107. The first-order valence-electron chi connectivity index (χ1n) is 10.1. The molecule has 0 aromatic heterocycles. The van der Waals surface area contributed by atoms with Crippen molar-refractivity contribution >= 4 is 11.9 Å². The van der Waals surface area contributed by atoms with Crippen LogP contribution in [0.1, 0.15) is 37.8 Å². The van der Waals surface area contributed by atoms with Crippen LogP contribution in [-0.2, 0) is 17.6 Å². The van der Waals surface area contributed by atoms with E-state index in [2.05, 4.69) is 17.0 Å². The number of amides is 3. The number of fused-ring (bicyclic) bond motifs is 1. The molecule has 3 aliphatic rings. The average Bonchev–Trinajstić information content (AvgIpc) is 3.19. The Balaban J connectivity index is 1.57. The molecule has 1 atom stereocenters. The number of likely N-dealkylation sites (N-methyl/N-ethyl adjacent to an activating group) is 1. The van der Waals surface area contributed by atoms with Crippen LogP contribution in [-0.4, -0.2) is 75.6 Å². The summed E-state index contributed by atoms with van der Waals surface area (Å²) >= 11 is 0. The fourth-order valence-corrected chi connectivity index (χ4v) is 5.15. The second kappa shape index (κ2) is 6.91. The molecule has 146 valence electrons. The highest BCUT2D eigenvalue weighted by atomic mass is 16.3. The molecule has 6 heteroatoms. The van der Waals surface area contributed by atoms with E-state index in [-0.39, 0.29) is 30.6 Å². The molecule has 2 fully saturated rings. The second-order valence-electron chi connectivity index (χ2n) is 8.13. The molecule has 27 heavy (non-hydrogen) atoms. The zero-order valence-electron chi connectivity index (χ0n) is 16.2. The van der Waals surface area contributed by atoms with Crippen molar-refractivity contribution in [3.8, 4) is 0 Å². The van der Waals surface area contributed by atoms with Crippen LogP contribution in [0, 0.1) is 0 Å². The Labute approximate surface area is 160 Å². The monoisotopic (exact) mass is 371 g/mol. The van der Waals surface area contributed by atoms with Gasteiger partial charge in [0.05, 0.1) is 6.61 Å². The van der Waals surface area contributed by atoms with Crippen LogP contribution in [0.3, 0.4) is 0 Å². The van der Waals surface area contributed by atoms with E-state index in [1.807, 2.05) is 26.0 Å². The van der Waals surface area contributed by atoms with E-state index in [1.54, 1.807) is 9.80 Å². The predicted octanol–water partition coefficient (Wildman–Crippen LogP) is 1.65. The summed E-state index contributed by atoms with van der Waals surface area (Å²) < 4.78 is 0. The summed E-state index contributed by atoms with van der Waals surface area (Å²) in [6.45, 7) is 6.09. The van der Waals surface area contributed by atoms with Gasteiger partial charge in [0.25, 0.3) is 5.91 Å². The highest BCUT2D eigenvalue weighted by Crippen LogP contribution is 2.40. The molecule has 0 bridgehead atoms.